The number of rotatable bonds is 2. The van der Waals surface area contributed by atoms with E-state index < -0.39 is 5.97 Å². The summed E-state index contributed by atoms with van der Waals surface area (Å²) >= 11 is 0. The molecule has 5 nitrogen and oxygen atoms in total. The molecule has 2 rings (SSSR count). The van der Waals surface area contributed by atoms with Gasteiger partial charge in [-0.15, -0.1) is 0 Å². The minimum Gasteiger partial charge on any atom is -0.478 e. The molecule has 1 heterocycles. The maximum atomic E-state index is 11.1. The van der Waals surface area contributed by atoms with E-state index in [1.165, 1.54) is 0 Å². The van der Waals surface area contributed by atoms with Crippen molar-refractivity contribution in [3.63, 3.8) is 0 Å². The van der Waals surface area contributed by atoms with Crippen LogP contribution in [-0.2, 0) is 0 Å². The first-order chi connectivity index (χ1) is 7.70. The van der Waals surface area contributed by atoms with Gasteiger partial charge in [0.05, 0.1) is 11.3 Å². The second-order valence-corrected chi connectivity index (χ2v) is 3.77. The zero-order chi connectivity index (χ0) is 11.5. The van der Waals surface area contributed by atoms with Crippen LogP contribution in [0.1, 0.15) is 16.8 Å². The first kappa shape index (κ1) is 10.9. The standard InChI is InChI=1S/C11H15N3O2/c12-11-13-6-3-7-14(11)9-5-2-1-4-8(9)10(15)16/h1-2,4-5,11,13H,3,6-7,12H2,(H,15,16). The van der Waals surface area contributed by atoms with Gasteiger partial charge in [0.15, 0.2) is 0 Å². The Morgan fingerprint density at radius 3 is 2.94 bits per heavy atom. The van der Waals surface area contributed by atoms with Crippen LogP contribution in [0.25, 0.3) is 0 Å². The number of nitrogens with one attached hydrogen (secondary N) is 1. The highest BCUT2D eigenvalue weighted by atomic mass is 16.4. The number of hydrogen-bond donors (Lipinski definition) is 3. The van der Waals surface area contributed by atoms with Crippen molar-refractivity contribution in [1.82, 2.24) is 5.32 Å². The molecule has 4 N–H and O–H groups in total. The molecular weight excluding hydrogens is 206 g/mol. The summed E-state index contributed by atoms with van der Waals surface area (Å²) in [7, 11) is 0. The Hall–Kier alpha value is -1.59. The lowest BCUT2D eigenvalue weighted by atomic mass is 10.1. The van der Waals surface area contributed by atoms with Gasteiger partial charge in [-0.2, -0.15) is 0 Å². The number of aromatic carboxylic acids is 1. The smallest absolute Gasteiger partial charge is 0.337 e. The second-order valence-electron chi connectivity index (χ2n) is 3.77. The van der Waals surface area contributed by atoms with Crippen LogP contribution in [-0.4, -0.2) is 30.5 Å². The third-order valence-electron chi connectivity index (χ3n) is 2.71. The summed E-state index contributed by atoms with van der Waals surface area (Å²) in [6, 6.07) is 6.92. The molecule has 1 aromatic carbocycles. The van der Waals surface area contributed by atoms with Crippen LogP contribution in [0.4, 0.5) is 5.69 Å². The zero-order valence-electron chi connectivity index (χ0n) is 8.89. The molecule has 0 spiro atoms. The molecule has 1 aliphatic rings. The van der Waals surface area contributed by atoms with E-state index in [9.17, 15) is 4.79 Å². The Kier molecular flexibility index (Phi) is 3.07. The van der Waals surface area contributed by atoms with Crippen molar-refractivity contribution in [3.05, 3.63) is 29.8 Å². The second kappa shape index (κ2) is 4.51. The summed E-state index contributed by atoms with van der Waals surface area (Å²) in [6.07, 6.45) is 0.649. The molecule has 0 bridgehead atoms. The Bertz CT molecular complexity index is 395. The van der Waals surface area contributed by atoms with E-state index in [2.05, 4.69) is 5.32 Å². The molecule has 1 aromatic rings. The summed E-state index contributed by atoms with van der Waals surface area (Å²) in [6.45, 7) is 1.64. The van der Waals surface area contributed by atoms with Gasteiger partial charge < -0.3 is 10.0 Å². The van der Waals surface area contributed by atoms with Crippen molar-refractivity contribution in [1.29, 1.82) is 0 Å². The summed E-state index contributed by atoms with van der Waals surface area (Å²) in [5.74, 6) is -0.923. The SMILES string of the molecule is NC1NCCCN1c1ccccc1C(=O)O. The van der Waals surface area contributed by atoms with E-state index in [4.69, 9.17) is 10.8 Å². The topological polar surface area (TPSA) is 78.6 Å². The number of carboxylic acids is 1. The van der Waals surface area contributed by atoms with Gasteiger partial charge >= 0.3 is 5.97 Å². The van der Waals surface area contributed by atoms with E-state index in [1.54, 1.807) is 18.2 Å². The number of carbonyl (C=O) groups is 1. The van der Waals surface area contributed by atoms with E-state index in [0.29, 0.717) is 11.3 Å². The predicted octanol–water partition coefficient (Wildman–Crippen LogP) is 0.427. The quantitative estimate of drug-likeness (QED) is 0.675. The van der Waals surface area contributed by atoms with Crippen LogP contribution in [0, 0.1) is 0 Å². The minimum atomic E-state index is -0.923. The molecule has 86 valence electrons. The molecule has 0 amide bonds. The monoisotopic (exact) mass is 221 g/mol. The van der Waals surface area contributed by atoms with Crippen molar-refractivity contribution in [2.45, 2.75) is 12.7 Å². The number of carboxylic acid groups (broad SMARTS) is 1. The van der Waals surface area contributed by atoms with Gasteiger partial charge in [0.1, 0.15) is 6.29 Å². The fourth-order valence-electron chi connectivity index (χ4n) is 1.92. The van der Waals surface area contributed by atoms with Gasteiger partial charge in [-0.25, -0.2) is 4.79 Å². The average Bonchev–Trinajstić information content (AvgIpc) is 2.29. The molecule has 1 aliphatic heterocycles. The highest BCUT2D eigenvalue weighted by molar-refractivity contribution is 5.94. The predicted molar refractivity (Wildman–Crippen MR) is 61.3 cm³/mol. The molecule has 1 atom stereocenters. The number of nitrogens with zero attached hydrogens (tertiary/aromatic N) is 1. The lowest BCUT2D eigenvalue weighted by Crippen LogP contribution is -2.57. The fourth-order valence-corrected chi connectivity index (χ4v) is 1.92. The number of benzene rings is 1. The normalized spacial score (nSPS) is 20.8. The zero-order valence-corrected chi connectivity index (χ0v) is 8.89. The van der Waals surface area contributed by atoms with Crippen molar-refractivity contribution in [3.8, 4) is 0 Å². The van der Waals surface area contributed by atoms with Crippen LogP contribution in [0.5, 0.6) is 0 Å². The number of anilines is 1. The van der Waals surface area contributed by atoms with Crippen molar-refractivity contribution in [2.24, 2.45) is 5.73 Å². The molecule has 0 aliphatic carbocycles. The van der Waals surface area contributed by atoms with Crippen molar-refractivity contribution >= 4 is 11.7 Å². The Labute approximate surface area is 93.9 Å². The maximum absolute atomic E-state index is 11.1. The third kappa shape index (κ3) is 2.00. The molecule has 0 aromatic heterocycles. The Balaban J connectivity index is 2.34. The van der Waals surface area contributed by atoms with Crippen LogP contribution in [0.3, 0.4) is 0 Å². The van der Waals surface area contributed by atoms with Crippen LogP contribution in [0.15, 0.2) is 24.3 Å². The number of hydrogen-bond acceptors (Lipinski definition) is 4. The van der Waals surface area contributed by atoms with Gasteiger partial charge in [0, 0.05) is 6.54 Å². The molecule has 0 radical (unpaired) electrons. The van der Waals surface area contributed by atoms with Gasteiger partial charge in [0.25, 0.3) is 0 Å². The molecule has 0 saturated carbocycles. The largest absolute Gasteiger partial charge is 0.478 e. The number of nitrogens with two attached hydrogens (primary N) is 1. The van der Waals surface area contributed by atoms with E-state index in [-0.39, 0.29) is 6.29 Å². The van der Waals surface area contributed by atoms with Gasteiger partial charge in [0.2, 0.25) is 0 Å². The lowest BCUT2D eigenvalue weighted by molar-refractivity contribution is 0.0697. The van der Waals surface area contributed by atoms with Crippen LogP contribution in [0.2, 0.25) is 0 Å². The summed E-state index contributed by atoms with van der Waals surface area (Å²) in [5, 5.41) is 12.2. The lowest BCUT2D eigenvalue weighted by Gasteiger charge is -2.36. The van der Waals surface area contributed by atoms with Crippen LogP contribution >= 0.6 is 0 Å². The summed E-state index contributed by atoms with van der Waals surface area (Å²) < 4.78 is 0. The molecule has 1 fully saturated rings. The molecule has 5 heteroatoms. The van der Waals surface area contributed by atoms with E-state index in [0.717, 1.165) is 19.5 Å². The highest BCUT2D eigenvalue weighted by Crippen LogP contribution is 2.22. The van der Waals surface area contributed by atoms with E-state index >= 15 is 0 Å². The van der Waals surface area contributed by atoms with Crippen LogP contribution < -0.4 is 16.0 Å². The highest BCUT2D eigenvalue weighted by Gasteiger charge is 2.22. The van der Waals surface area contributed by atoms with Gasteiger partial charge in [-0.1, -0.05) is 12.1 Å². The Morgan fingerprint density at radius 2 is 2.25 bits per heavy atom. The summed E-state index contributed by atoms with van der Waals surface area (Å²) in [4.78, 5) is 13.0. The minimum absolute atomic E-state index is 0.293. The first-order valence-electron chi connectivity index (χ1n) is 5.28. The molecule has 1 unspecified atom stereocenters. The van der Waals surface area contributed by atoms with Gasteiger partial charge in [-0.05, 0) is 25.1 Å². The molecule has 1 saturated heterocycles. The van der Waals surface area contributed by atoms with Crippen molar-refractivity contribution < 1.29 is 9.90 Å². The summed E-state index contributed by atoms with van der Waals surface area (Å²) in [5.41, 5.74) is 6.87. The number of para-hydroxylation sites is 1. The first-order valence-corrected chi connectivity index (χ1v) is 5.28. The van der Waals surface area contributed by atoms with E-state index in [1.807, 2.05) is 11.0 Å². The molecular formula is C11H15N3O2. The fraction of sp³-hybridized carbons (Fsp3) is 0.364. The van der Waals surface area contributed by atoms with Gasteiger partial charge in [-0.3, -0.25) is 11.1 Å². The third-order valence-corrected chi connectivity index (χ3v) is 2.71. The van der Waals surface area contributed by atoms with Crippen molar-refractivity contribution in [2.75, 3.05) is 18.0 Å². The molecule has 16 heavy (non-hydrogen) atoms. The Morgan fingerprint density at radius 1 is 1.50 bits per heavy atom. The maximum Gasteiger partial charge on any atom is 0.337 e. The average molecular weight is 221 g/mol.